The zero-order valence-electron chi connectivity index (χ0n) is 12.3. The van der Waals surface area contributed by atoms with Crippen molar-refractivity contribution in [3.8, 4) is 17.1 Å². The molecule has 0 fully saturated rings. The molecule has 108 valence electrons. The van der Waals surface area contributed by atoms with E-state index in [1.807, 2.05) is 42.8 Å². The topological polar surface area (TPSA) is 22.2 Å². The summed E-state index contributed by atoms with van der Waals surface area (Å²) < 4.78 is 16.3. The first-order valence-electron chi connectivity index (χ1n) is 6.89. The lowest BCUT2D eigenvalue weighted by Gasteiger charge is -2.14. The van der Waals surface area contributed by atoms with Crippen LogP contribution < -0.4 is 0 Å². The number of nitrogens with zero attached hydrogens (tertiary/aromatic N) is 3. The zero-order chi connectivity index (χ0) is 15.7. The van der Waals surface area contributed by atoms with Gasteiger partial charge in [0.25, 0.3) is 0 Å². The number of para-hydroxylation sites is 1. The Morgan fingerprint density at radius 3 is 2.45 bits per heavy atom. The maximum atomic E-state index is 14.5. The average molecular weight is 291 g/mol. The number of imidazole rings is 1. The highest BCUT2D eigenvalue weighted by atomic mass is 19.1. The lowest BCUT2D eigenvalue weighted by molar-refractivity contribution is 0.635. The third kappa shape index (κ3) is 2.17. The van der Waals surface area contributed by atoms with Gasteiger partial charge in [-0.1, -0.05) is 36.4 Å². The van der Waals surface area contributed by atoms with E-state index in [1.165, 1.54) is 6.07 Å². The quantitative estimate of drug-likeness (QED) is 0.619. The first kappa shape index (κ1) is 14.0. The molecular formula is C18H14FN3. The number of hydrogen-bond donors (Lipinski definition) is 0. The highest BCUT2D eigenvalue weighted by molar-refractivity contribution is 5.67. The molecule has 22 heavy (non-hydrogen) atoms. The number of rotatable bonds is 2. The van der Waals surface area contributed by atoms with Gasteiger partial charge in [-0.15, -0.1) is 0 Å². The molecule has 0 unspecified atom stereocenters. The van der Waals surface area contributed by atoms with Crippen molar-refractivity contribution in [3.05, 3.63) is 77.2 Å². The molecule has 0 amide bonds. The maximum absolute atomic E-state index is 14.5. The summed E-state index contributed by atoms with van der Waals surface area (Å²) in [5.74, 6) is -0.0309. The van der Waals surface area contributed by atoms with Gasteiger partial charge in [0.05, 0.1) is 12.3 Å². The summed E-state index contributed by atoms with van der Waals surface area (Å²) in [5, 5.41) is 0. The van der Waals surface area contributed by atoms with Crippen LogP contribution in [0.25, 0.3) is 21.9 Å². The van der Waals surface area contributed by atoms with Crippen molar-refractivity contribution >= 4 is 5.69 Å². The number of aromatic nitrogens is 2. The van der Waals surface area contributed by atoms with Crippen molar-refractivity contribution in [1.29, 1.82) is 0 Å². The summed E-state index contributed by atoms with van der Waals surface area (Å²) in [6, 6.07) is 10.8. The van der Waals surface area contributed by atoms with E-state index in [0.29, 0.717) is 11.4 Å². The Labute approximate surface area is 128 Å². The van der Waals surface area contributed by atoms with Gasteiger partial charge in [0.1, 0.15) is 11.6 Å². The second kappa shape index (κ2) is 5.45. The molecule has 0 N–H and O–H groups in total. The standard InChI is InChI=1S/C18H14FN3/c1-12-6-4-7-13(2)17(12)22-11-10-21-18(22)14-8-5-9-15(20-3)16(14)19/h4-11H,1-2H3. The lowest BCUT2D eigenvalue weighted by Crippen LogP contribution is -2.02. The molecule has 0 aliphatic heterocycles. The fourth-order valence-electron chi connectivity index (χ4n) is 2.65. The van der Waals surface area contributed by atoms with Crippen LogP contribution in [-0.2, 0) is 0 Å². The monoisotopic (exact) mass is 291 g/mol. The number of benzene rings is 2. The van der Waals surface area contributed by atoms with Crippen LogP contribution in [0.1, 0.15) is 11.1 Å². The molecule has 4 heteroatoms. The number of halogens is 1. The minimum absolute atomic E-state index is 0.00792. The Morgan fingerprint density at radius 2 is 1.77 bits per heavy atom. The average Bonchev–Trinajstić information content (AvgIpc) is 2.96. The third-order valence-corrected chi connectivity index (χ3v) is 3.66. The Balaban J connectivity index is 2.26. The van der Waals surface area contributed by atoms with Crippen LogP contribution in [0.15, 0.2) is 48.8 Å². The van der Waals surface area contributed by atoms with Gasteiger partial charge in [-0.25, -0.2) is 14.2 Å². The largest absolute Gasteiger partial charge is 0.299 e. The normalized spacial score (nSPS) is 10.5. The van der Waals surface area contributed by atoms with Crippen molar-refractivity contribution < 1.29 is 4.39 Å². The van der Waals surface area contributed by atoms with Crippen LogP contribution in [0.3, 0.4) is 0 Å². The van der Waals surface area contributed by atoms with E-state index in [9.17, 15) is 4.39 Å². The number of hydrogen-bond acceptors (Lipinski definition) is 1. The van der Waals surface area contributed by atoms with E-state index in [1.54, 1.807) is 18.3 Å². The van der Waals surface area contributed by atoms with Crippen molar-refractivity contribution in [3.63, 3.8) is 0 Å². The predicted molar refractivity (Wildman–Crippen MR) is 84.7 cm³/mol. The molecule has 2 aromatic carbocycles. The molecule has 3 rings (SSSR count). The van der Waals surface area contributed by atoms with Crippen LogP contribution in [0.2, 0.25) is 0 Å². The van der Waals surface area contributed by atoms with Crippen LogP contribution in [-0.4, -0.2) is 9.55 Å². The highest BCUT2D eigenvalue weighted by Gasteiger charge is 2.16. The van der Waals surface area contributed by atoms with Gasteiger partial charge in [0.15, 0.2) is 0 Å². The van der Waals surface area contributed by atoms with Crippen molar-refractivity contribution in [2.75, 3.05) is 0 Å². The van der Waals surface area contributed by atoms with Crippen molar-refractivity contribution in [2.24, 2.45) is 0 Å². The maximum Gasteiger partial charge on any atom is 0.222 e. The lowest BCUT2D eigenvalue weighted by atomic mass is 10.1. The van der Waals surface area contributed by atoms with Crippen molar-refractivity contribution in [1.82, 2.24) is 9.55 Å². The Kier molecular flexibility index (Phi) is 3.48. The first-order valence-corrected chi connectivity index (χ1v) is 6.89. The third-order valence-electron chi connectivity index (χ3n) is 3.66. The van der Waals surface area contributed by atoms with Crippen LogP contribution in [0.4, 0.5) is 10.1 Å². The molecule has 0 spiro atoms. The molecule has 1 heterocycles. The van der Waals surface area contributed by atoms with Gasteiger partial charge >= 0.3 is 0 Å². The molecule has 0 saturated heterocycles. The Morgan fingerprint density at radius 1 is 1.09 bits per heavy atom. The Bertz CT molecular complexity index is 867. The van der Waals surface area contributed by atoms with E-state index in [4.69, 9.17) is 6.57 Å². The van der Waals surface area contributed by atoms with Crippen molar-refractivity contribution in [2.45, 2.75) is 13.8 Å². The SMILES string of the molecule is [C-]#[N+]c1cccc(-c2nccn2-c2c(C)cccc2C)c1F. The molecule has 0 saturated carbocycles. The summed E-state index contributed by atoms with van der Waals surface area (Å²) in [6.07, 6.45) is 3.46. The summed E-state index contributed by atoms with van der Waals surface area (Å²) in [5.41, 5.74) is 3.50. The first-order chi connectivity index (χ1) is 10.6. The predicted octanol–water partition coefficient (Wildman–Crippen LogP) is 4.85. The minimum Gasteiger partial charge on any atom is -0.299 e. The van der Waals surface area contributed by atoms with E-state index in [0.717, 1.165) is 16.8 Å². The summed E-state index contributed by atoms with van der Waals surface area (Å²) in [6.45, 7) is 11.1. The van der Waals surface area contributed by atoms with Crippen LogP contribution >= 0.6 is 0 Å². The molecule has 0 bridgehead atoms. The molecular weight excluding hydrogens is 277 g/mol. The van der Waals surface area contributed by atoms with Gasteiger partial charge in [0, 0.05) is 18.0 Å². The summed E-state index contributed by atoms with van der Waals surface area (Å²) >= 11 is 0. The molecule has 3 nitrogen and oxygen atoms in total. The molecule has 3 aromatic rings. The molecule has 0 aliphatic carbocycles. The second-order valence-corrected chi connectivity index (χ2v) is 5.11. The van der Waals surface area contributed by atoms with Gasteiger partial charge < -0.3 is 0 Å². The summed E-state index contributed by atoms with van der Waals surface area (Å²) in [7, 11) is 0. The van der Waals surface area contributed by atoms with E-state index in [2.05, 4.69) is 9.83 Å². The van der Waals surface area contributed by atoms with Crippen LogP contribution in [0, 0.1) is 26.2 Å². The van der Waals surface area contributed by atoms with Gasteiger partial charge in [-0.2, -0.15) is 0 Å². The van der Waals surface area contributed by atoms with E-state index >= 15 is 0 Å². The highest BCUT2D eigenvalue weighted by Crippen LogP contribution is 2.31. The smallest absolute Gasteiger partial charge is 0.222 e. The van der Waals surface area contributed by atoms with Crippen LogP contribution in [0.5, 0.6) is 0 Å². The Hall–Kier alpha value is -2.93. The summed E-state index contributed by atoms with van der Waals surface area (Å²) in [4.78, 5) is 7.52. The fourth-order valence-corrected chi connectivity index (χ4v) is 2.65. The molecule has 0 radical (unpaired) electrons. The van der Waals surface area contributed by atoms with E-state index < -0.39 is 5.82 Å². The number of aryl methyl sites for hydroxylation is 2. The molecule has 0 aliphatic rings. The zero-order valence-corrected chi connectivity index (χ0v) is 12.3. The molecule has 1 aromatic heterocycles. The minimum atomic E-state index is -0.531. The van der Waals surface area contributed by atoms with Gasteiger partial charge in [-0.05, 0) is 25.0 Å². The molecule has 0 atom stereocenters. The van der Waals surface area contributed by atoms with Gasteiger partial charge in [0.2, 0.25) is 5.69 Å². The van der Waals surface area contributed by atoms with E-state index in [-0.39, 0.29) is 5.69 Å². The second-order valence-electron chi connectivity index (χ2n) is 5.11. The fraction of sp³-hybridized carbons (Fsp3) is 0.111. The van der Waals surface area contributed by atoms with Gasteiger partial charge in [-0.3, -0.25) is 4.57 Å².